The molecule has 3 nitrogen and oxygen atoms in total. The van der Waals surface area contributed by atoms with Crippen LogP contribution in [0.5, 0.6) is 0 Å². The fourth-order valence-corrected chi connectivity index (χ4v) is 3.62. The first-order chi connectivity index (χ1) is 13.2. The molecule has 136 valence electrons. The van der Waals surface area contributed by atoms with Gasteiger partial charge in [0.05, 0.1) is 6.54 Å². The molecule has 27 heavy (non-hydrogen) atoms. The van der Waals surface area contributed by atoms with Crippen molar-refractivity contribution in [3.8, 4) is 0 Å². The van der Waals surface area contributed by atoms with Crippen molar-refractivity contribution in [3.63, 3.8) is 0 Å². The number of benzene rings is 3. The molecule has 1 aliphatic heterocycles. The molecule has 1 unspecified atom stereocenters. The number of aryl methyl sites for hydroxylation is 1. The summed E-state index contributed by atoms with van der Waals surface area (Å²) in [6, 6.07) is 25.6. The second-order valence-electron chi connectivity index (χ2n) is 7.08. The Morgan fingerprint density at radius 2 is 1.70 bits per heavy atom. The lowest BCUT2D eigenvalue weighted by molar-refractivity contribution is 0.816. The summed E-state index contributed by atoms with van der Waals surface area (Å²) in [6.07, 6.45) is 0. The van der Waals surface area contributed by atoms with Crippen LogP contribution in [0.15, 0.2) is 77.8 Å². The van der Waals surface area contributed by atoms with E-state index in [0.717, 1.165) is 24.7 Å². The number of aliphatic imine (C=N–C) groups is 1. The molecular formula is C24H25N3. The van der Waals surface area contributed by atoms with Gasteiger partial charge < -0.3 is 10.6 Å². The topological polar surface area (TPSA) is 36.4 Å². The van der Waals surface area contributed by atoms with Crippen LogP contribution in [-0.4, -0.2) is 12.5 Å². The highest BCUT2D eigenvalue weighted by molar-refractivity contribution is 5.95. The van der Waals surface area contributed by atoms with Gasteiger partial charge in [-0.1, -0.05) is 66.7 Å². The number of para-hydroxylation sites is 1. The molecule has 0 amide bonds. The molecule has 4 rings (SSSR count). The molecule has 0 bridgehead atoms. The van der Waals surface area contributed by atoms with Crippen LogP contribution in [0.25, 0.3) is 0 Å². The standard InChI is InChI=1S/C24H25N3/c1-17-9-8-12-20(18(17)2)15-25-24-26-16-22(19-10-4-3-5-11-19)21-13-6-7-14-23(21)27-24/h3-14,22H,15-16H2,1-2H3,(H2,25,26,27). The Labute approximate surface area is 161 Å². The van der Waals surface area contributed by atoms with Gasteiger partial charge >= 0.3 is 0 Å². The molecular weight excluding hydrogens is 330 g/mol. The van der Waals surface area contributed by atoms with Crippen molar-refractivity contribution >= 4 is 11.6 Å². The maximum absolute atomic E-state index is 4.86. The summed E-state index contributed by atoms with van der Waals surface area (Å²) in [5, 5.41) is 7.00. The summed E-state index contributed by atoms with van der Waals surface area (Å²) in [6.45, 7) is 5.82. The summed E-state index contributed by atoms with van der Waals surface area (Å²) in [5.74, 6) is 1.09. The van der Waals surface area contributed by atoms with Crippen molar-refractivity contribution < 1.29 is 0 Å². The average Bonchev–Trinajstić information content (AvgIpc) is 2.89. The molecule has 0 radical (unpaired) electrons. The van der Waals surface area contributed by atoms with E-state index in [1.165, 1.54) is 27.8 Å². The third-order valence-electron chi connectivity index (χ3n) is 5.39. The summed E-state index contributed by atoms with van der Waals surface area (Å²) in [4.78, 5) is 4.86. The van der Waals surface area contributed by atoms with Crippen LogP contribution in [0.4, 0.5) is 5.69 Å². The number of rotatable bonds is 3. The molecule has 0 aromatic heterocycles. The lowest BCUT2D eigenvalue weighted by Crippen LogP contribution is -2.30. The Morgan fingerprint density at radius 3 is 2.56 bits per heavy atom. The molecule has 3 heteroatoms. The zero-order valence-electron chi connectivity index (χ0n) is 15.9. The van der Waals surface area contributed by atoms with E-state index >= 15 is 0 Å². The van der Waals surface area contributed by atoms with E-state index < -0.39 is 0 Å². The first-order valence-electron chi connectivity index (χ1n) is 9.46. The van der Waals surface area contributed by atoms with Gasteiger partial charge in [0.2, 0.25) is 0 Å². The number of fused-ring (bicyclic) bond motifs is 1. The van der Waals surface area contributed by atoms with Crippen molar-refractivity contribution in [2.45, 2.75) is 26.3 Å². The van der Waals surface area contributed by atoms with E-state index in [-0.39, 0.29) is 5.92 Å². The summed E-state index contributed by atoms with van der Waals surface area (Å²) in [5.41, 5.74) is 7.66. The molecule has 2 N–H and O–H groups in total. The van der Waals surface area contributed by atoms with Gasteiger partial charge in [0, 0.05) is 18.2 Å². The van der Waals surface area contributed by atoms with E-state index in [1.807, 2.05) is 0 Å². The fraction of sp³-hybridized carbons (Fsp3) is 0.208. The van der Waals surface area contributed by atoms with Gasteiger partial charge in [-0.25, -0.2) is 0 Å². The predicted octanol–water partition coefficient (Wildman–Crippen LogP) is 5.01. The van der Waals surface area contributed by atoms with Crippen LogP contribution in [0, 0.1) is 13.8 Å². The highest BCUT2D eigenvalue weighted by Gasteiger charge is 2.21. The van der Waals surface area contributed by atoms with Crippen LogP contribution < -0.4 is 10.6 Å². The third-order valence-corrected chi connectivity index (χ3v) is 5.39. The zero-order chi connectivity index (χ0) is 18.6. The quantitative estimate of drug-likeness (QED) is 0.693. The molecule has 0 spiro atoms. The molecule has 1 heterocycles. The Bertz CT molecular complexity index is 960. The largest absolute Gasteiger partial charge is 0.352 e. The highest BCUT2D eigenvalue weighted by atomic mass is 15.2. The van der Waals surface area contributed by atoms with Crippen molar-refractivity contribution in [1.29, 1.82) is 0 Å². The molecule has 1 atom stereocenters. The van der Waals surface area contributed by atoms with Crippen molar-refractivity contribution in [1.82, 2.24) is 5.32 Å². The minimum Gasteiger partial charge on any atom is -0.352 e. The number of hydrogen-bond acceptors (Lipinski definition) is 3. The van der Waals surface area contributed by atoms with E-state index in [9.17, 15) is 0 Å². The van der Waals surface area contributed by atoms with Crippen LogP contribution in [0.1, 0.15) is 33.7 Å². The Hall–Kier alpha value is -3.07. The molecule has 0 fully saturated rings. The second-order valence-corrected chi connectivity index (χ2v) is 7.08. The average molecular weight is 355 g/mol. The Morgan fingerprint density at radius 1 is 0.926 bits per heavy atom. The number of nitrogens with zero attached hydrogens (tertiary/aromatic N) is 1. The number of nitrogens with one attached hydrogen (secondary N) is 2. The maximum Gasteiger partial charge on any atom is 0.196 e. The molecule has 0 aliphatic carbocycles. The molecule has 1 aliphatic rings. The molecule has 3 aromatic rings. The van der Waals surface area contributed by atoms with E-state index in [0.29, 0.717) is 0 Å². The fourth-order valence-electron chi connectivity index (χ4n) is 3.62. The molecule has 0 saturated carbocycles. The zero-order valence-corrected chi connectivity index (χ0v) is 15.9. The van der Waals surface area contributed by atoms with Gasteiger partial charge in [-0.15, -0.1) is 0 Å². The molecule has 3 aromatic carbocycles. The number of guanidine groups is 1. The van der Waals surface area contributed by atoms with Gasteiger partial charge in [0.15, 0.2) is 5.96 Å². The van der Waals surface area contributed by atoms with Gasteiger partial charge in [-0.05, 0) is 47.7 Å². The number of hydrogen-bond donors (Lipinski definition) is 2. The first-order valence-corrected chi connectivity index (χ1v) is 9.46. The SMILES string of the molecule is Cc1cccc(CNC2=NCC(c3ccccc3)c3ccccc3N2)c1C. The van der Waals surface area contributed by atoms with Gasteiger partial charge in [-0.2, -0.15) is 0 Å². The Balaban J connectivity index is 1.59. The normalized spacial score (nSPS) is 15.9. The monoisotopic (exact) mass is 355 g/mol. The second kappa shape index (κ2) is 7.67. The summed E-state index contributed by atoms with van der Waals surface area (Å²) >= 11 is 0. The van der Waals surface area contributed by atoms with Gasteiger partial charge in [0.1, 0.15) is 0 Å². The van der Waals surface area contributed by atoms with Gasteiger partial charge in [-0.3, -0.25) is 4.99 Å². The third kappa shape index (κ3) is 3.72. The highest BCUT2D eigenvalue weighted by Crippen LogP contribution is 2.32. The maximum atomic E-state index is 4.86. The predicted molar refractivity (Wildman–Crippen MR) is 113 cm³/mol. The summed E-state index contributed by atoms with van der Waals surface area (Å²) in [7, 11) is 0. The van der Waals surface area contributed by atoms with Gasteiger partial charge in [0.25, 0.3) is 0 Å². The summed E-state index contributed by atoms with van der Waals surface area (Å²) < 4.78 is 0. The van der Waals surface area contributed by atoms with Crippen LogP contribution >= 0.6 is 0 Å². The molecule has 0 saturated heterocycles. The number of anilines is 1. The van der Waals surface area contributed by atoms with Crippen molar-refractivity contribution in [2.24, 2.45) is 4.99 Å². The van der Waals surface area contributed by atoms with E-state index in [4.69, 9.17) is 4.99 Å². The smallest absolute Gasteiger partial charge is 0.196 e. The first kappa shape index (κ1) is 17.3. The van der Waals surface area contributed by atoms with E-state index in [2.05, 4.69) is 97.3 Å². The Kier molecular flexibility index (Phi) is 4.93. The minimum atomic E-state index is 0.259. The van der Waals surface area contributed by atoms with E-state index in [1.54, 1.807) is 0 Å². The van der Waals surface area contributed by atoms with Crippen LogP contribution in [0.2, 0.25) is 0 Å². The van der Waals surface area contributed by atoms with Crippen molar-refractivity contribution in [3.05, 3.63) is 101 Å². The lowest BCUT2D eigenvalue weighted by atomic mass is 9.90. The minimum absolute atomic E-state index is 0.259. The van der Waals surface area contributed by atoms with Crippen molar-refractivity contribution in [2.75, 3.05) is 11.9 Å². The van der Waals surface area contributed by atoms with Crippen LogP contribution in [0.3, 0.4) is 0 Å². The lowest BCUT2D eigenvalue weighted by Gasteiger charge is -2.17. The van der Waals surface area contributed by atoms with Crippen LogP contribution in [-0.2, 0) is 6.54 Å².